The van der Waals surface area contributed by atoms with Crippen molar-refractivity contribution in [3.63, 3.8) is 0 Å². The highest BCUT2D eigenvalue weighted by molar-refractivity contribution is 5.71. The van der Waals surface area contributed by atoms with E-state index in [-0.39, 0.29) is 38.0 Å². The van der Waals surface area contributed by atoms with Gasteiger partial charge in [-0.3, -0.25) is 19.2 Å². The van der Waals surface area contributed by atoms with Crippen LogP contribution in [0.5, 0.6) is 0 Å². The summed E-state index contributed by atoms with van der Waals surface area (Å²) in [4.78, 5) is 48.3. The van der Waals surface area contributed by atoms with Gasteiger partial charge in [0.05, 0.1) is 0 Å². The molecule has 57 heavy (non-hydrogen) atoms. The zero-order chi connectivity index (χ0) is 41.7. The van der Waals surface area contributed by atoms with Gasteiger partial charge in [-0.25, -0.2) is 0 Å². The number of carboxylic acid groups (broad SMARTS) is 1. The second-order valence-electron chi connectivity index (χ2n) is 16.2. The van der Waals surface area contributed by atoms with Crippen LogP contribution in [0.25, 0.3) is 0 Å². The summed E-state index contributed by atoms with van der Waals surface area (Å²) in [5.41, 5.74) is 0. The molecule has 0 spiro atoms. The molecule has 0 saturated heterocycles. The highest BCUT2D eigenvalue weighted by atomic mass is 16.6. The lowest BCUT2D eigenvalue weighted by atomic mass is 10.1. The third-order valence-corrected chi connectivity index (χ3v) is 10.5. The first kappa shape index (κ1) is 54.4. The van der Waals surface area contributed by atoms with E-state index in [1.807, 2.05) is 0 Å². The molecule has 0 aliphatic rings. The van der Waals surface area contributed by atoms with Crippen molar-refractivity contribution in [1.82, 2.24) is 0 Å². The van der Waals surface area contributed by atoms with E-state index in [0.717, 1.165) is 89.9 Å². The molecule has 0 unspecified atom stereocenters. The first-order valence-corrected chi connectivity index (χ1v) is 23.9. The van der Waals surface area contributed by atoms with Crippen molar-refractivity contribution in [3.8, 4) is 0 Å². The van der Waals surface area contributed by atoms with E-state index in [1.54, 1.807) is 0 Å². The van der Waals surface area contributed by atoms with Crippen molar-refractivity contribution in [2.45, 2.75) is 251 Å². The standard InChI is InChI=1S/C49H88O8/c1-3-5-7-9-11-13-15-17-19-21-23-25-27-32-36-40-47(52)55-43-45(57-49(54)42-38-34-30-29-31-35-39-46(50)51)44-56-48(53)41-37-33-28-26-24-22-20-18-16-14-12-10-8-6-4-2/h17-20,45H,3-16,21-44H2,1-2H3,(H,50,51)/b19-17-,20-18-. The Labute approximate surface area is 350 Å². The van der Waals surface area contributed by atoms with Crippen molar-refractivity contribution in [3.05, 3.63) is 24.3 Å². The third-order valence-electron chi connectivity index (χ3n) is 10.5. The van der Waals surface area contributed by atoms with Crippen LogP contribution in [0.2, 0.25) is 0 Å². The Morgan fingerprint density at radius 3 is 1.00 bits per heavy atom. The SMILES string of the molecule is CCCCCCCC/C=C\CCCCCCCC(=O)OCC(COC(=O)CCCCCCC/C=C\CCCCCCCC)OC(=O)CCCCCCCCC(=O)O. The first-order valence-electron chi connectivity index (χ1n) is 23.9. The van der Waals surface area contributed by atoms with Gasteiger partial charge >= 0.3 is 23.9 Å². The third kappa shape index (κ3) is 44.3. The van der Waals surface area contributed by atoms with E-state index < -0.39 is 18.0 Å². The number of carbonyl (C=O) groups is 4. The molecule has 0 aromatic rings. The van der Waals surface area contributed by atoms with Crippen LogP contribution in [0.4, 0.5) is 0 Å². The van der Waals surface area contributed by atoms with Gasteiger partial charge in [0.2, 0.25) is 0 Å². The lowest BCUT2D eigenvalue weighted by Gasteiger charge is -2.18. The van der Waals surface area contributed by atoms with Crippen LogP contribution in [0.3, 0.4) is 0 Å². The topological polar surface area (TPSA) is 116 Å². The Hall–Kier alpha value is -2.64. The minimum atomic E-state index is -0.829. The molecule has 0 aliphatic heterocycles. The van der Waals surface area contributed by atoms with Crippen LogP contribution in [0.15, 0.2) is 24.3 Å². The van der Waals surface area contributed by atoms with Crippen molar-refractivity contribution >= 4 is 23.9 Å². The Bertz CT molecular complexity index is 934. The number of unbranched alkanes of at least 4 members (excludes halogenated alkanes) is 27. The molecule has 0 bridgehead atoms. The maximum Gasteiger partial charge on any atom is 0.306 e. The van der Waals surface area contributed by atoms with E-state index >= 15 is 0 Å². The summed E-state index contributed by atoms with van der Waals surface area (Å²) in [7, 11) is 0. The summed E-state index contributed by atoms with van der Waals surface area (Å²) in [6.45, 7) is 4.26. The smallest absolute Gasteiger partial charge is 0.306 e. The van der Waals surface area contributed by atoms with Crippen molar-refractivity contribution < 1.29 is 38.5 Å². The van der Waals surface area contributed by atoms with Crippen molar-refractivity contribution in [2.24, 2.45) is 0 Å². The number of ether oxygens (including phenoxy) is 3. The van der Waals surface area contributed by atoms with Gasteiger partial charge in [-0.05, 0) is 77.0 Å². The van der Waals surface area contributed by atoms with Crippen LogP contribution in [0.1, 0.15) is 245 Å². The quantitative estimate of drug-likeness (QED) is 0.0280. The number of aliphatic carboxylic acids is 1. The zero-order valence-electron chi connectivity index (χ0n) is 37.1. The second kappa shape index (κ2) is 44.5. The Morgan fingerprint density at radius 1 is 0.386 bits per heavy atom. The second-order valence-corrected chi connectivity index (χ2v) is 16.2. The molecular weight excluding hydrogens is 717 g/mol. The Morgan fingerprint density at radius 2 is 0.667 bits per heavy atom. The lowest BCUT2D eigenvalue weighted by Crippen LogP contribution is -2.30. The van der Waals surface area contributed by atoms with Crippen LogP contribution in [-0.4, -0.2) is 48.3 Å². The molecule has 0 radical (unpaired) electrons. The number of hydrogen-bond acceptors (Lipinski definition) is 7. The van der Waals surface area contributed by atoms with Crippen molar-refractivity contribution in [1.29, 1.82) is 0 Å². The fourth-order valence-electron chi connectivity index (χ4n) is 6.81. The van der Waals surface area contributed by atoms with E-state index in [2.05, 4.69) is 38.2 Å². The predicted molar refractivity (Wildman–Crippen MR) is 235 cm³/mol. The van der Waals surface area contributed by atoms with Crippen LogP contribution >= 0.6 is 0 Å². The van der Waals surface area contributed by atoms with Gasteiger partial charge in [-0.15, -0.1) is 0 Å². The predicted octanol–water partition coefficient (Wildman–Crippen LogP) is 14.3. The highest BCUT2D eigenvalue weighted by Crippen LogP contribution is 2.14. The van der Waals surface area contributed by atoms with E-state index in [4.69, 9.17) is 19.3 Å². The van der Waals surface area contributed by atoms with Crippen LogP contribution in [0, 0.1) is 0 Å². The number of hydrogen-bond donors (Lipinski definition) is 1. The average Bonchev–Trinajstić information content (AvgIpc) is 3.19. The maximum absolute atomic E-state index is 12.6. The molecule has 0 aromatic carbocycles. The van der Waals surface area contributed by atoms with Crippen LogP contribution < -0.4 is 0 Å². The molecular formula is C49H88O8. The van der Waals surface area contributed by atoms with Crippen LogP contribution in [-0.2, 0) is 33.4 Å². The summed E-state index contributed by atoms with van der Waals surface area (Å²) in [5, 5.41) is 8.76. The Balaban J connectivity index is 4.32. The van der Waals surface area contributed by atoms with E-state index in [0.29, 0.717) is 25.7 Å². The normalized spacial score (nSPS) is 11.6. The first-order chi connectivity index (χ1) is 27.9. The molecule has 0 heterocycles. The summed E-state index contributed by atoms with van der Waals surface area (Å²) in [6, 6.07) is 0. The minimum Gasteiger partial charge on any atom is -0.481 e. The van der Waals surface area contributed by atoms with E-state index in [9.17, 15) is 19.2 Å². The number of esters is 3. The molecule has 0 fully saturated rings. The molecule has 0 atom stereocenters. The molecule has 8 nitrogen and oxygen atoms in total. The average molecular weight is 805 g/mol. The molecule has 1 N–H and O–H groups in total. The summed E-state index contributed by atoms with van der Waals surface area (Å²) < 4.78 is 16.6. The fraction of sp³-hybridized carbons (Fsp3) is 0.837. The summed E-state index contributed by atoms with van der Waals surface area (Å²) in [6.07, 6.45) is 45.4. The van der Waals surface area contributed by atoms with Gasteiger partial charge in [0.25, 0.3) is 0 Å². The summed E-state index contributed by atoms with van der Waals surface area (Å²) >= 11 is 0. The van der Waals surface area contributed by atoms with Gasteiger partial charge in [-0.1, -0.05) is 167 Å². The number of carboxylic acids is 1. The number of rotatable bonds is 44. The van der Waals surface area contributed by atoms with Crippen molar-refractivity contribution in [2.75, 3.05) is 13.2 Å². The molecule has 8 heteroatoms. The monoisotopic (exact) mass is 805 g/mol. The van der Waals surface area contributed by atoms with Gasteiger partial charge in [0, 0.05) is 25.7 Å². The van der Waals surface area contributed by atoms with E-state index in [1.165, 1.54) is 103 Å². The largest absolute Gasteiger partial charge is 0.481 e. The fourth-order valence-corrected chi connectivity index (χ4v) is 6.81. The molecule has 0 saturated carbocycles. The highest BCUT2D eigenvalue weighted by Gasteiger charge is 2.19. The van der Waals surface area contributed by atoms with Gasteiger partial charge in [0.1, 0.15) is 13.2 Å². The van der Waals surface area contributed by atoms with Gasteiger partial charge < -0.3 is 19.3 Å². The minimum absolute atomic E-state index is 0.125. The number of allylic oxidation sites excluding steroid dienone is 4. The molecule has 332 valence electrons. The molecule has 0 aliphatic carbocycles. The number of carbonyl (C=O) groups excluding carboxylic acids is 3. The maximum atomic E-state index is 12.6. The van der Waals surface area contributed by atoms with Gasteiger partial charge in [0.15, 0.2) is 6.10 Å². The summed E-state index contributed by atoms with van der Waals surface area (Å²) in [5.74, 6) is -1.81. The Kier molecular flexibility index (Phi) is 42.4. The molecule has 0 aromatic heterocycles. The molecule has 0 rings (SSSR count). The zero-order valence-corrected chi connectivity index (χ0v) is 37.1. The lowest BCUT2D eigenvalue weighted by molar-refractivity contribution is -0.167. The molecule has 0 amide bonds. The van der Waals surface area contributed by atoms with Gasteiger partial charge in [-0.2, -0.15) is 0 Å².